The van der Waals surface area contributed by atoms with Crippen molar-refractivity contribution >= 4 is 27.5 Å². The highest BCUT2D eigenvalue weighted by molar-refractivity contribution is 7.18. The maximum absolute atomic E-state index is 13.5. The zero-order valence-electron chi connectivity index (χ0n) is 16.4. The highest BCUT2D eigenvalue weighted by atomic mass is 32.1. The largest absolute Gasteiger partial charge is 0.381 e. The summed E-state index contributed by atoms with van der Waals surface area (Å²) < 4.78 is 6.66. The molecular formula is C23H26N2O2S. The third-order valence-electron chi connectivity index (χ3n) is 5.79. The van der Waals surface area contributed by atoms with Gasteiger partial charge in [-0.05, 0) is 38.0 Å². The smallest absolute Gasteiger partial charge is 0.231 e. The van der Waals surface area contributed by atoms with Gasteiger partial charge in [0.05, 0.1) is 27.2 Å². The second kappa shape index (κ2) is 8.02. The molecule has 1 aliphatic heterocycles. The Morgan fingerprint density at radius 1 is 1.25 bits per heavy atom. The lowest BCUT2D eigenvalue weighted by atomic mass is 9.78. The van der Waals surface area contributed by atoms with Crippen molar-refractivity contribution < 1.29 is 9.53 Å². The molecule has 28 heavy (non-hydrogen) atoms. The van der Waals surface area contributed by atoms with Gasteiger partial charge in [-0.25, -0.2) is 4.98 Å². The van der Waals surface area contributed by atoms with Crippen LogP contribution in [0.5, 0.6) is 0 Å². The van der Waals surface area contributed by atoms with E-state index in [0.717, 1.165) is 40.4 Å². The highest BCUT2D eigenvalue weighted by Crippen LogP contribution is 2.32. The lowest BCUT2D eigenvalue weighted by Gasteiger charge is -2.31. The van der Waals surface area contributed by atoms with Crippen LogP contribution in [0.15, 0.2) is 54.6 Å². The number of nitrogens with zero attached hydrogens (tertiary/aromatic N) is 1. The van der Waals surface area contributed by atoms with Crippen LogP contribution in [0.3, 0.4) is 0 Å². The molecule has 2 heterocycles. The number of aromatic nitrogens is 1. The summed E-state index contributed by atoms with van der Waals surface area (Å²) in [7, 11) is 0. The van der Waals surface area contributed by atoms with E-state index < -0.39 is 5.41 Å². The first-order chi connectivity index (χ1) is 13.6. The van der Waals surface area contributed by atoms with Gasteiger partial charge in [-0.2, -0.15) is 0 Å². The molecule has 2 aromatic carbocycles. The van der Waals surface area contributed by atoms with Crippen molar-refractivity contribution in [1.82, 2.24) is 10.3 Å². The van der Waals surface area contributed by atoms with Gasteiger partial charge in [0.1, 0.15) is 0 Å². The van der Waals surface area contributed by atoms with Gasteiger partial charge in [-0.15, -0.1) is 11.3 Å². The Labute approximate surface area is 169 Å². The molecule has 1 aliphatic rings. The average Bonchev–Trinajstić information content (AvgIpc) is 3.38. The molecule has 5 heteroatoms. The first-order valence-corrected chi connectivity index (χ1v) is 10.7. The van der Waals surface area contributed by atoms with Crippen molar-refractivity contribution in [3.63, 3.8) is 0 Å². The highest BCUT2D eigenvalue weighted by Gasteiger charge is 2.38. The quantitative estimate of drug-likeness (QED) is 0.677. The molecule has 1 N–H and O–H groups in total. The SMILES string of the molecule is C[C@H](NC(=O)[C@](C)(Cc1nc2ccccc2s1)c1ccccc1)[C@H]1CCOC1. The average molecular weight is 395 g/mol. The number of amides is 1. The molecule has 0 radical (unpaired) electrons. The summed E-state index contributed by atoms with van der Waals surface area (Å²) in [6.07, 6.45) is 1.58. The van der Waals surface area contributed by atoms with Gasteiger partial charge >= 0.3 is 0 Å². The fraction of sp³-hybridized carbons (Fsp3) is 0.391. The summed E-state index contributed by atoms with van der Waals surface area (Å²) in [5.41, 5.74) is 1.33. The van der Waals surface area contributed by atoms with E-state index in [1.54, 1.807) is 11.3 Å². The molecule has 146 valence electrons. The molecule has 1 aromatic heterocycles. The molecule has 3 aromatic rings. The van der Waals surface area contributed by atoms with Crippen LogP contribution in [0.4, 0.5) is 0 Å². The van der Waals surface area contributed by atoms with E-state index in [2.05, 4.69) is 18.3 Å². The number of nitrogens with one attached hydrogen (secondary N) is 1. The number of ether oxygens (including phenoxy) is 1. The summed E-state index contributed by atoms with van der Waals surface area (Å²) in [6.45, 7) is 5.62. The number of carbonyl (C=O) groups is 1. The Balaban J connectivity index is 1.62. The molecule has 0 saturated carbocycles. The molecule has 0 bridgehead atoms. The second-order valence-corrected chi connectivity index (χ2v) is 8.95. The number of carbonyl (C=O) groups excluding carboxylic acids is 1. The van der Waals surface area contributed by atoms with Crippen LogP contribution in [-0.2, 0) is 21.4 Å². The van der Waals surface area contributed by atoms with Gasteiger partial charge in [0.25, 0.3) is 0 Å². The van der Waals surface area contributed by atoms with Crippen molar-refractivity contribution in [2.75, 3.05) is 13.2 Å². The number of fused-ring (bicyclic) bond motifs is 1. The second-order valence-electron chi connectivity index (χ2n) is 7.84. The Morgan fingerprint density at radius 3 is 2.71 bits per heavy atom. The van der Waals surface area contributed by atoms with E-state index in [1.807, 2.05) is 55.5 Å². The maximum Gasteiger partial charge on any atom is 0.231 e. The Bertz CT molecular complexity index is 916. The fourth-order valence-corrected chi connectivity index (χ4v) is 4.97. The molecule has 0 spiro atoms. The van der Waals surface area contributed by atoms with Gasteiger partial charge in [-0.1, -0.05) is 42.5 Å². The van der Waals surface area contributed by atoms with Crippen LogP contribution in [0.1, 0.15) is 30.8 Å². The molecular weight excluding hydrogens is 368 g/mol. The summed E-state index contributed by atoms with van der Waals surface area (Å²) in [5, 5.41) is 4.26. The normalized spacial score (nSPS) is 20.0. The monoisotopic (exact) mass is 394 g/mol. The van der Waals surface area contributed by atoms with Crippen molar-refractivity contribution in [3.05, 3.63) is 65.2 Å². The predicted octanol–water partition coefficient (Wildman–Crippen LogP) is 4.34. The molecule has 4 rings (SSSR count). The first kappa shape index (κ1) is 19.1. The van der Waals surface area contributed by atoms with Crippen molar-refractivity contribution in [2.24, 2.45) is 5.92 Å². The minimum atomic E-state index is -0.678. The van der Waals surface area contributed by atoms with Crippen LogP contribution in [0.25, 0.3) is 10.2 Å². The van der Waals surface area contributed by atoms with Gasteiger partial charge in [0.2, 0.25) is 5.91 Å². The van der Waals surface area contributed by atoms with E-state index in [4.69, 9.17) is 9.72 Å². The standard InChI is InChI=1S/C23H26N2O2S/c1-16(17-12-13-27-15-17)24-22(26)23(2,18-8-4-3-5-9-18)14-21-25-19-10-6-7-11-20(19)28-21/h3-11,16-17H,12-15H2,1-2H3,(H,24,26)/t16-,17-,23+/m0/s1. The predicted molar refractivity (Wildman–Crippen MR) is 114 cm³/mol. The first-order valence-electron chi connectivity index (χ1n) is 9.85. The number of para-hydroxylation sites is 1. The van der Waals surface area contributed by atoms with Crippen LogP contribution in [-0.4, -0.2) is 30.1 Å². The summed E-state index contributed by atoms with van der Waals surface area (Å²) in [6, 6.07) is 18.3. The number of hydrogen-bond donors (Lipinski definition) is 1. The van der Waals surface area contributed by atoms with Crippen molar-refractivity contribution in [2.45, 2.75) is 38.1 Å². The lowest BCUT2D eigenvalue weighted by molar-refractivity contribution is -0.127. The van der Waals surface area contributed by atoms with Gasteiger partial charge in [0, 0.05) is 25.0 Å². The van der Waals surface area contributed by atoms with Crippen molar-refractivity contribution in [3.8, 4) is 0 Å². The van der Waals surface area contributed by atoms with E-state index >= 15 is 0 Å². The summed E-state index contributed by atoms with van der Waals surface area (Å²) >= 11 is 1.67. The Morgan fingerprint density at radius 2 is 2.00 bits per heavy atom. The number of benzene rings is 2. The number of rotatable bonds is 6. The van der Waals surface area contributed by atoms with Gasteiger partial charge in [-0.3, -0.25) is 4.79 Å². The van der Waals surface area contributed by atoms with E-state index in [9.17, 15) is 4.79 Å². The fourth-order valence-electron chi connectivity index (χ4n) is 3.85. The van der Waals surface area contributed by atoms with Crippen LogP contribution < -0.4 is 5.32 Å². The molecule has 1 saturated heterocycles. The minimum Gasteiger partial charge on any atom is -0.381 e. The van der Waals surface area contributed by atoms with E-state index in [-0.39, 0.29) is 11.9 Å². The molecule has 1 fully saturated rings. The van der Waals surface area contributed by atoms with Crippen LogP contribution in [0.2, 0.25) is 0 Å². The minimum absolute atomic E-state index is 0.0531. The van der Waals surface area contributed by atoms with Crippen molar-refractivity contribution in [1.29, 1.82) is 0 Å². The van der Waals surface area contributed by atoms with Gasteiger partial charge in [0.15, 0.2) is 0 Å². The number of hydrogen-bond acceptors (Lipinski definition) is 4. The topological polar surface area (TPSA) is 51.2 Å². The molecule has 3 atom stereocenters. The zero-order chi connectivity index (χ0) is 19.6. The zero-order valence-corrected chi connectivity index (χ0v) is 17.2. The third kappa shape index (κ3) is 3.82. The third-order valence-corrected chi connectivity index (χ3v) is 6.82. The van der Waals surface area contributed by atoms with E-state index in [1.165, 1.54) is 0 Å². The summed E-state index contributed by atoms with van der Waals surface area (Å²) in [5.74, 6) is 0.434. The van der Waals surface area contributed by atoms with Crippen LogP contribution in [0, 0.1) is 5.92 Å². The number of thiazole rings is 1. The molecule has 4 nitrogen and oxygen atoms in total. The lowest BCUT2D eigenvalue weighted by Crippen LogP contribution is -2.49. The van der Waals surface area contributed by atoms with Gasteiger partial charge < -0.3 is 10.1 Å². The Kier molecular flexibility index (Phi) is 5.47. The Hall–Kier alpha value is -2.24. The molecule has 0 aliphatic carbocycles. The molecule has 0 unspecified atom stereocenters. The van der Waals surface area contributed by atoms with E-state index in [0.29, 0.717) is 12.3 Å². The van der Waals surface area contributed by atoms with Crippen LogP contribution >= 0.6 is 11.3 Å². The summed E-state index contributed by atoms with van der Waals surface area (Å²) in [4.78, 5) is 18.3. The molecule has 1 amide bonds. The maximum atomic E-state index is 13.5.